The molecule has 3 aromatic rings. The van der Waals surface area contributed by atoms with Gasteiger partial charge in [-0.3, -0.25) is 0 Å². The van der Waals surface area contributed by atoms with E-state index in [0.717, 1.165) is 21.2 Å². The summed E-state index contributed by atoms with van der Waals surface area (Å²) >= 11 is 3.57. The van der Waals surface area contributed by atoms with Crippen LogP contribution in [0.15, 0.2) is 77.3 Å². The fraction of sp³-hybridized carbons (Fsp3) is 0.357. The highest BCUT2D eigenvalue weighted by atomic mass is 79.9. The zero-order valence-electron chi connectivity index (χ0n) is 19.2. The van der Waals surface area contributed by atoms with E-state index in [4.69, 9.17) is 4.74 Å². The molecule has 0 radical (unpaired) electrons. The third-order valence-electron chi connectivity index (χ3n) is 5.87. The van der Waals surface area contributed by atoms with Gasteiger partial charge in [-0.05, 0) is 50.8 Å². The molecule has 0 unspecified atom stereocenters. The van der Waals surface area contributed by atoms with Crippen molar-refractivity contribution in [3.8, 4) is 0 Å². The molecule has 0 aliphatic carbocycles. The van der Waals surface area contributed by atoms with E-state index in [1.807, 2.05) is 0 Å². The van der Waals surface area contributed by atoms with Crippen LogP contribution in [0.5, 0.6) is 0 Å². The first kappa shape index (κ1) is 22.8. The van der Waals surface area contributed by atoms with Crippen molar-refractivity contribution in [1.29, 1.82) is 0 Å². The van der Waals surface area contributed by atoms with Crippen LogP contribution in [0.1, 0.15) is 69.4 Å². The van der Waals surface area contributed by atoms with Crippen LogP contribution in [0, 0.1) is 0 Å². The minimum Gasteiger partial charge on any atom is -0.364 e. The van der Waals surface area contributed by atoms with Gasteiger partial charge in [-0.25, -0.2) is 0 Å². The Morgan fingerprint density at radius 2 is 0.767 bits per heavy atom. The van der Waals surface area contributed by atoms with Crippen molar-refractivity contribution in [3.05, 3.63) is 105 Å². The Morgan fingerprint density at radius 1 is 0.500 bits per heavy atom. The lowest BCUT2D eigenvalue weighted by atomic mass is 9.77. The summed E-state index contributed by atoms with van der Waals surface area (Å²) < 4.78 is 7.43. The van der Waals surface area contributed by atoms with Gasteiger partial charge in [-0.1, -0.05) is 118 Å². The topological polar surface area (TPSA) is 9.23 Å². The predicted octanol–water partition coefficient (Wildman–Crippen LogP) is 7.98. The van der Waals surface area contributed by atoms with Crippen molar-refractivity contribution in [2.24, 2.45) is 0 Å². The lowest BCUT2D eigenvalue weighted by molar-refractivity contribution is 0.0584. The summed E-state index contributed by atoms with van der Waals surface area (Å²) in [6.45, 7) is 13.4. The third-order valence-corrected chi connectivity index (χ3v) is 6.40. The van der Waals surface area contributed by atoms with E-state index in [1.165, 1.54) is 11.1 Å². The number of benzene rings is 3. The van der Waals surface area contributed by atoms with Crippen LogP contribution in [0.2, 0.25) is 0 Å². The molecule has 0 fully saturated rings. The largest absolute Gasteiger partial charge is 0.364 e. The van der Waals surface area contributed by atoms with E-state index in [0.29, 0.717) is 0 Å². The van der Waals surface area contributed by atoms with E-state index in [1.54, 1.807) is 7.11 Å². The van der Waals surface area contributed by atoms with Crippen LogP contribution in [0.25, 0.3) is 0 Å². The molecule has 0 saturated heterocycles. The number of hydrogen-bond acceptors (Lipinski definition) is 1. The molecule has 2 heteroatoms. The minimum absolute atomic E-state index is 0.111. The van der Waals surface area contributed by atoms with E-state index < -0.39 is 5.60 Å². The molecule has 0 amide bonds. The van der Waals surface area contributed by atoms with Crippen molar-refractivity contribution in [2.75, 3.05) is 7.11 Å². The van der Waals surface area contributed by atoms with Crippen molar-refractivity contribution in [2.45, 2.75) is 58.0 Å². The molecular formula is C28H33BrO. The van der Waals surface area contributed by atoms with E-state index in [-0.39, 0.29) is 10.8 Å². The molecule has 3 aromatic carbocycles. The summed E-state index contributed by atoms with van der Waals surface area (Å²) in [5.74, 6) is 0. The minimum atomic E-state index is -0.673. The average Bonchev–Trinajstić information content (AvgIpc) is 2.70. The maximum Gasteiger partial charge on any atom is 0.143 e. The molecule has 0 spiro atoms. The van der Waals surface area contributed by atoms with Gasteiger partial charge >= 0.3 is 0 Å². The molecule has 0 aliphatic heterocycles. The lowest BCUT2D eigenvalue weighted by Gasteiger charge is -2.35. The number of halogens is 1. The van der Waals surface area contributed by atoms with Crippen LogP contribution >= 0.6 is 15.9 Å². The Morgan fingerprint density at radius 3 is 1.03 bits per heavy atom. The molecule has 158 valence electrons. The quantitative estimate of drug-likeness (QED) is 0.355. The second-order valence-corrected chi connectivity index (χ2v) is 11.0. The number of ether oxygens (including phenoxy) is 1. The Balaban J connectivity index is 2.22. The van der Waals surface area contributed by atoms with Gasteiger partial charge in [0.15, 0.2) is 0 Å². The van der Waals surface area contributed by atoms with Gasteiger partial charge in [0.2, 0.25) is 0 Å². The number of hydrogen-bond donors (Lipinski definition) is 0. The van der Waals surface area contributed by atoms with Crippen molar-refractivity contribution in [3.63, 3.8) is 0 Å². The van der Waals surface area contributed by atoms with E-state index in [2.05, 4.69) is 130 Å². The van der Waals surface area contributed by atoms with Gasteiger partial charge in [0, 0.05) is 11.6 Å². The highest BCUT2D eigenvalue weighted by molar-refractivity contribution is 9.10. The smallest absolute Gasteiger partial charge is 0.143 e. The third kappa shape index (κ3) is 4.40. The van der Waals surface area contributed by atoms with Gasteiger partial charge in [-0.15, -0.1) is 0 Å². The van der Waals surface area contributed by atoms with Crippen LogP contribution in [0.3, 0.4) is 0 Å². The monoisotopic (exact) mass is 464 g/mol. The van der Waals surface area contributed by atoms with Crippen LogP contribution in [-0.2, 0) is 21.2 Å². The predicted molar refractivity (Wildman–Crippen MR) is 131 cm³/mol. The van der Waals surface area contributed by atoms with Crippen molar-refractivity contribution >= 4 is 15.9 Å². The fourth-order valence-corrected chi connectivity index (χ4v) is 4.21. The molecule has 30 heavy (non-hydrogen) atoms. The Hall–Kier alpha value is -1.90. The lowest BCUT2D eigenvalue weighted by Crippen LogP contribution is -2.32. The first-order chi connectivity index (χ1) is 14.0. The van der Waals surface area contributed by atoms with Gasteiger partial charge in [0.05, 0.1) is 0 Å². The molecular weight excluding hydrogens is 432 g/mol. The number of rotatable bonds is 4. The van der Waals surface area contributed by atoms with Crippen LogP contribution in [0.4, 0.5) is 0 Å². The van der Waals surface area contributed by atoms with Crippen LogP contribution < -0.4 is 0 Å². The summed E-state index contributed by atoms with van der Waals surface area (Å²) in [7, 11) is 1.80. The van der Waals surface area contributed by atoms with E-state index >= 15 is 0 Å². The molecule has 0 aliphatic rings. The van der Waals surface area contributed by atoms with Gasteiger partial charge < -0.3 is 4.74 Å². The first-order valence-electron chi connectivity index (χ1n) is 10.5. The van der Waals surface area contributed by atoms with Gasteiger partial charge in [0.25, 0.3) is 0 Å². The van der Waals surface area contributed by atoms with Crippen molar-refractivity contribution in [1.82, 2.24) is 0 Å². The Labute approximate surface area is 190 Å². The van der Waals surface area contributed by atoms with E-state index in [9.17, 15) is 0 Å². The van der Waals surface area contributed by atoms with Crippen molar-refractivity contribution < 1.29 is 4.74 Å². The zero-order chi connectivity index (χ0) is 22.2. The molecule has 3 rings (SSSR count). The van der Waals surface area contributed by atoms with Gasteiger partial charge in [0.1, 0.15) is 5.60 Å². The second kappa shape index (κ2) is 8.32. The van der Waals surface area contributed by atoms with Crippen LogP contribution in [-0.4, -0.2) is 7.11 Å². The number of methoxy groups -OCH3 is 1. The SMILES string of the molecule is COC(c1ccc(Br)cc1)(c1ccc(C(C)(C)C)cc1)c1ccc(C(C)(C)C)cc1. The summed E-state index contributed by atoms with van der Waals surface area (Å²) in [6, 6.07) is 26.2. The molecule has 0 N–H and O–H groups in total. The molecule has 0 saturated carbocycles. The summed E-state index contributed by atoms with van der Waals surface area (Å²) in [6.07, 6.45) is 0. The molecule has 0 aromatic heterocycles. The average molecular weight is 465 g/mol. The second-order valence-electron chi connectivity index (χ2n) is 10.0. The summed E-state index contributed by atoms with van der Waals surface area (Å²) in [4.78, 5) is 0. The molecule has 1 nitrogen and oxygen atoms in total. The normalized spacial score (nSPS) is 12.8. The first-order valence-corrected chi connectivity index (χ1v) is 11.3. The highest BCUT2D eigenvalue weighted by Crippen LogP contribution is 2.41. The Kier molecular flexibility index (Phi) is 6.32. The summed E-state index contributed by atoms with van der Waals surface area (Å²) in [5, 5.41) is 0. The molecule has 0 bridgehead atoms. The standard InChI is InChI=1S/C28H33BrO/c1-26(2,3)20-8-12-22(13-9-20)28(30-7,24-16-18-25(29)19-17-24)23-14-10-21(11-15-23)27(4,5)6/h8-19H,1-7H3. The Bertz CT molecular complexity index is 912. The maximum absolute atomic E-state index is 6.37. The highest BCUT2D eigenvalue weighted by Gasteiger charge is 2.37. The maximum atomic E-state index is 6.37. The molecule has 0 heterocycles. The molecule has 0 atom stereocenters. The van der Waals surface area contributed by atoms with Gasteiger partial charge in [-0.2, -0.15) is 0 Å². The summed E-state index contributed by atoms with van der Waals surface area (Å²) in [5.41, 5.74) is 5.55. The zero-order valence-corrected chi connectivity index (χ0v) is 20.8. The fourth-order valence-electron chi connectivity index (χ4n) is 3.95.